The van der Waals surface area contributed by atoms with E-state index >= 15 is 0 Å². The minimum atomic E-state index is -0.225. The van der Waals surface area contributed by atoms with Gasteiger partial charge in [-0.1, -0.05) is 25.5 Å². The minimum Gasteiger partial charge on any atom is -0.498 e. The van der Waals surface area contributed by atoms with Crippen LogP contribution >= 0.6 is 0 Å². The summed E-state index contributed by atoms with van der Waals surface area (Å²) in [6.07, 6.45) is 18.0. The van der Waals surface area contributed by atoms with Gasteiger partial charge in [0.15, 0.2) is 0 Å². The highest BCUT2D eigenvalue weighted by Gasteiger charge is 2.58. The Bertz CT molecular complexity index is 1030. The summed E-state index contributed by atoms with van der Waals surface area (Å²) >= 11 is 0. The number of fused-ring (bicyclic) bond motifs is 5. The third-order valence-corrected chi connectivity index (χ3v) is 9.86. The van der Waals surface area contributed by atoms with Crippen molar-refractivity contribution in [2.75, 3.05) is 6.61 Å². The van der Waals surface area contributed by atoms with E-state index in [0.29, 0.717) is 5.92 Å². The van der Waals surface area contributed by atoms with Gasteiger partial charge in [-0.25, -0.2) is 4.39 Å². The van der Waals surface area contributed by atoms with Crippen molar-refractivity contribution >= 4 is 5.57 Å². The van der Waals surface area contributed by atoms with E-state index in [-0.39, 0.29) is 16.6 Å². The molecule has 5 atom stereocenters. The first-order valence-corrected chi connectivity index (χ1v) is 12.8. The predicted molar refractivity (Wildman–Crippen MR) is 126 cm³/mol. The molecule has 0 spiro atoms. The molecule has 0 N–H and O–H groups in total. The van der Waals surface area contributed by atoms with Crippen LogP contribution in [0.5, 0.6) is 0 Å². The maximum Gasteiger partial charge on any atom is 0.142 e. The number of ether oxygens (including phenoxy) is 1. The molecule has 0 saturated heterocycles. The van der Waals surface area contributed by atoms with Crippen LogP contribution in [0.3, 0.4) is 0 Å². The van der Waals surface area contributed by atoms with Crippen molar-refractivity contribution in [1.82, 2.24) is 4.98 Å². The fourth-order valence-corrected chi connectivity index (χ4v) is 8.18. The Labute approximate surface area is 192 Å². The molecule has 0 unspecified atom stereocenters. The number of aromatic nitrogens is 1. The summed E-state index contributed by atoms with van der Waals surface area (Å²) < 4.78 is 20.0. The highest BCUT2D eigenvalue weighted by Crippen LogP contribution is 2.68. The van der Waals surface area contributed by atoms with Gasteiger partial charge in [0.25, 0.3) is 0 Å². The molecule has 2 fully saturated rings. The van der Waals surface area contributed by atoms with Crippen LogP contribution in [0.15, 0.2) is 47.5 Å². The second-order valence-corrected chi connectivity index (χ2v) is 11.5. The van der Waals surface area contributed by atoms with Gasteiger partial charge < -0.3 is 4.74 Å². The largest absolute Gasteiger partial charge is 0.498 e. The van der Waals surface area contributed by atoms with E-state index in [1.165, 1.54) is 56.1 Å². The Morgan fingerprint density at radius 3 is 2.69 bits per heavy atom. The van der Waals surface area contributed by atoms with Crippen LogP contribution in [-0.4, -0.2) is 11.6 Å². The molecular formula is C29H36FNO. The van der Waals surface area contributed by atoms with Crippen molar-refractivity contribution < 1.29 is 9.13 Å². The molecular weight excluding hydrogens is 397 g/mol. The molecule has 0 radical (unpaired) electrons. The number of hydrogen-bond acceptors (Lipinski definition) is 2. The molecule has 5 aliphatic rings. The standard InChI is InChI=1S/C29H36FNO/c1-4-32-21-9-11-29(3)26-10-12-28(2)24(19-13-20(30)17-31-16-19)7-8-25(28)23(26)15-22(18-5-6-18)27(29)14-21/h7,13-14,16-18,23,25-26H,4-6,8-12,15H2,1-3H3/t23-,25-,26-,28+,29+/m0/s1. The first-order valence-electron chi connectivity index (χ1n) is 12.8. The number of nitrogens with zero attached hydrogens (tertiary/aromatic N) is 1. The topological polar surface area (TPSA) is 22.1 Å². The summed E-state index contributed by atoms with van der Waals surface area (Å²) in [6, 6.07) is 1.69. The number of halogens is 1. The summed E-state index contributed by atoms with van der Waals surface area (Å²) in [5.41, 5.74) is 6.18. The molecule has 3 heteroatoms. The lowest BCUT2D eigenvalue weighted by molar-refractivity contribution is -0.00907. The molecule has 1 aromatic rings. The monoisotopic (exact) mass is 433 g/mol. The molecule has 2 nitrogen and oxygen atoms in total. The summed E-state index contributed by atoms with van der Waals surface area (Å²) in [7, 11) is 0. The first-order chi connectivity index (χ1) is 15.4. The molecule has 1 heterocycles. The number of rotatable bonds is 4. The smallest absolute Gasteiger partial charge is 0.142 e. The Morgan fingerprint density at radius 1 is 1.09 bits per heavy atom. The lowest BCUT2D eigenvalue weighted by Crippen LogP contribution is -2.49. The van der Waals surface area contributed by atoms with Gasteiger partial charge in [0, 0.05) is 12.6 Å². The summed E-state index contributed by atoms with van der Waals surface area (Å²) in [4.78, 5) is 4.17. The minimum absolute atomic E-state index is 0.139. The van der Waals surface area contributed by atoms with E-state index in [1.54, 1.807) is 17.2 Å². The van der Waals surface area contributed by atoms with Crippen LogP contribution in [0.2, 0.25) is 0 Å². The molecule has 0 bridgehead atoms. The van der Waals surface area contributed by atoms with Crippen molar-refractivity contribution in [3.63, 3.8) is 0 Å². The maximum atomic E-state index is 14.0. The lowest BCUT2D eigenvalue weighted by Gasteiger charge is -2.58. The third-order valence-electron chi connectivity index (χ3n) is 9.86. The predicted octanol–water partition coefficient (Wildman–Crippen LogP) is 7.49. The Balaban J connectivity index is 1.38. The van der Waals surface area contributed by atoms with Crippen LogP contribution in [0.25, 0.3) is 5.57 Å². The number of hydrogen-bond donors (Lipinski definition) is 0. The summed E-state index contributed by atoms with van der Waals surface area (Å²) in [5.74, 6) is 3.92. The second-order valence-electron chi connectivity index (χ2n) is 11.5. The average Bonchev–Trinajstić information content (AvgIpc) is 3.55. The van der Waals surface area contributed by atoms with Gasteiger partial charge in [-0.15, -0.1) is 0 Å². The first kappa shape index (κ1) is 20.7. The fraction of sp³-hybridized carbons (Fsp3) is 0.621. The number of pyridine rings is 1. The highest BCUT2D eigenvalue weighted by atomic mass is 19.1. The molecule has 1 aromatic heterocycles. The van der Waals surface area contributed by atoms with Crippen LogP contribution in [-0.2, 0) is 4.74 Å². The van der Waals surface area contributed by atoms with E-state index in [1.807, 2.05) is 6.20 Å². The molecule has 32 heavy (non-hydrogen) atoms. The van der Waals surface area contributed by atoms with Gasteiger partial charge in [-0.05, 0) is 115 Å². The quantitative estimate of drug-likeness (QED) is 0.491. The van der Waals surface area contributed by atoms with E-state index < -0.39 is 0 Å². The number of allylic oxidation sites excluding steroid dienone is 6. The van der Waals surface area contributed by atoms with E-state index in [0.717, 1.165) is 42.8 Å². The van der Waals surface area contributed by atoms with Crippen molar-refractivity contribution in [2.45, 2.75) is 72.1 Å². The normalized spacial score (nSPS) is 38.4. The fourth-order valence-electron chi connectivity index (χ4n) is 8.18. The SMILES string of the molecule is CCOC1=CC2=C(C3CC3)C[C@@H]3[C@H](CC[C@]4(C)C(c5cncc(F)c5)=CC[C@@H]34)[C@@]2(C)CC1. The molecule has 170 valence electrons. The zero-order chi connectivity index (χ0) is 22.1. The zero-order valence-corrected chi connectivity index (χ0v) is 19.8. The van der Waals surface area contributed by atoms with Gasteiger partial charge in [0.1, 0.15) is 5.82 Å². The van der Waals surface area contributed by atoms with Gasteiger partial charge in [-0.3, -0.25) is 4.98 Å². The van der Waals surface area contributed by atoms with Crippen molar-refractivity contribution in [1.29, 1.82) is 0 Å². The lowest BCUT2D eigenvalue weighted by atomic mass is 9.46. The average molecular weight is 434 g/mol. The highest BCUT2D eigenvalue weighted by molar-refractivity contribution is 5.72. The Hall–Kier alpha value is -1.90. The van der Waals surface area contributed by atoms with Crippen LogP contribution in [0, 0.1) is 40.3 Å². The Kier molecular flexibility index (Phi) is 4.72. The Morgan fingerprint density at radius 2 is 1.94 bits per heavy atom. The van der Waals surface area contributed by atoms with Crippen molar-refractivity contribution in [2.24, 2.45) is 34.5 Å². The molecule has 0 aromatic carbocycles. The van der Waals surface area contributed by atoms with Gasteiger partial charge in [-0.2, -0.15) is 0 Å². The molecule has 0 aliphatic heterocycles. The summed E-state index contributed by atoms with van der Waals surface area (Å²) in [6.45, 7) is 7.90. The van der Waals surface area contributed by atoms with Gasteiger partial charge >= 0.3 is 0 Å². The van der Waals surface area contributed by atoms with Crippen LogP contribution in [0.4, 0.5) is 4.39 Å². The molecule has 5 aliphatic carbocycles. The second kappa shape index (κ2) is 7.30. The zero-order valence-electron chi connectivity index (χ0n) is 19.8. The van der Waals surface area contributed by atoms with Crippen molar-refractivity contribution in [3.05, 3.63) is 58.9 Å². The van der Waals surface area contributed by atoms with E-state index in [9.17, 15) is 4.39 Å². The van der Waals surface area contributed by atoms with E-state index in [2.05, 4.69) is 37.9 Å². The van der Waals surface area contributed by atoms with Crippen LogP contribution in [0.1, 0.15) is 77.7 Å². The summed E-state index contributed by atoms with van der Waals surface area (Å²) in [5, 5.41) is 0. The van der Waals surface area contributed by atoms with E-state index in [4.69, 9.17) is 4.74 Å². The molecule has 6 rings (SSSR count). The van der Waals surface area contributed by atoms with Gasteiger partial charge in [0.05, 0.1) is 18.6 Å². The molecule has 2 saturated carbocycles. The van der Waals surface area contributed by atoms with Gasteiger partial charge in [0.2, 0.25) is 0 Å². The van der Waals surface area contributed by atoms with Crippen molar-refractivity contribution in [3.8, 4) is 0 Å². The molecule has 0 amide bonds. The third kappa shape index (κ3) is 2.99. The maximum absolute atomic E-state index is 14.0. The van der Waals surface area contributed by atoms with Crippen LogP contribution < -0.4 is 0 Å².